The van der Waals surface area contributed by atoms with Crippen molar-refractivity contribution < 1.29 is 27.4 Å². The molecule has 0 saturated heterocycles. The maximum Gasteiger partial charge on any atom is 0.264 e. The van der Waals surface area contributed by atoms with Crippen molar-refractivity contribution in [3.8, 4) is 17.2 Å². The molecule has 0 bridgehead atoms. The van der Waals surface area contributed by atoms with Gasteiger partial charge in [0.25, 0.3) is 10.0 Å². The summed E-state index contributed by atoms with van der Waals surface area (Å²) in [6, 6.07) is 21.3. The van der Waals surface area contributed by atoms with E-state index in [1.54, 1.807) is 80.8 Å². The molecule has 0 aliphatic heterocycles. The van der Waals surface area contributed by atoms with Gasteiger partial charge in [-0.3, -0.25) is 9.10 Å². The molecule has 9 heteroatoms. The van der Waals surface area contributed by atoms with Gasteiger partial charge in [-0.05, 0) is 55.5 Å². The Hall–Kier alpha value is -3.72. The first-order chi connectivity index (χ1) is 16.3. The first kappa shape index (κ1) is 24.9. The van der Waals surface area contributed by atoms with Crippen molar-refractivity contribution in [1.29, 1.82) is 0 Å². The lowest BCUT2D eigenvalue weighted by Gasteiger charge is -2.25. The molecule has 0 fully saturated rings. The molecule has 0 aliphatic rings. The monoisotopic (exact) mass is 484 g/mol. The summed E-state index contributed by atoms with van der Waals surface area (Å²) in [6.07, 6.45) is 0. The molecule has 1 amide bonds. The third-order valence-electron chi connectivity index (χ3n) is 4.93. The van der Waals surface area contributed by atoms with Gasteiger partial charge in [0, 0.05) is 6.07 Å². The Morgan fingerprint density at radius 2 is 1.53 bits per heavy atom. The Labute approximate surface area is 200 Å². The molecule has 180 valence electrons. The van der Waals surface area contributed by atoms with Gasteiger partial charge in [-0.15, -0.1) is 0 Å². The van der Waals surface area contributed by atoms with Crippen molar-refractivity contribution >= 4 is 21.6 Å². The van der Waals surface area contributed by atoms with E-state index in [0.717, 1.165) is 4.31 Å². The highest BCUT2D eigenvalue weighted by molar-refractivity contribution is 7.92. The van der Waals surface area contributed by atoms with Crippen LogP contribution >= 0.6 is 0 Å². The molecule has 3 rings (SSSR count). The predicted molar refractivity (Wildman–Crippen MR) is 130 cm³/mol. The highest BCUT2D eigenvalue weighted by Gasteiger charge is 2.27. The topological polar surface area (TPSA) is 94.2 Å². The fourth-order valence-corrected chi connectivity index (χ4v) is 4.62. The molecule has 1 unspecified atom stereocenters. The largest absolute Gasteiger partial charge is 0.497 e. The lowest BCUT2D eigenvalue weighted by atomic mass is 10.3. The summed E-state index contributed by atoms with van der Waals surface area (Å²) in [6.45, 7) is 1.59. The average Bonchev–Trinajstić information content (AvgIpc) is 2.86. The number of anilines is 1. The Morgan fingerprint density at radius 1 is 0.882 bits per heavy atom. The number of nitrogens with zero attached hydrogens (tertiary/aromatic N) is 1. The number of carbonyl (C=O) groups excluding carboxylic acids is 1. The second kappa shape index (κ2) is 11.4. The van der Waals surface area contributed by atoms with Crippen molar-refractivity contribution in [2.24, 2.45) is 0 Å². The molecule has 0 radical (unpaired) electrons. The van der Waals surface area contributed by atoms with Gasteiger partial charge < -0.3 is 19.5 Å². The van der Waals surface area contributed by atoms with Gasteiger partial charge in [0.15, 0.2) is 0 Å². The number of rotatable bonds is 11. The van der Waals surface area contributed by atoms with Crippen molar-refractivity contribution in [2.45, 2.75) is 17.9 Å². The van der Waals surface area contributed by atoms with E-state index in [1.807, 2.05) is 0 Å². The summed E-state index contributed by atoms with van der Waals surface area (Å²) < 4.78 is 43.9. The van der Waals surface area contributed by atoms with Gasteiger partial charge in [-0.1, -0.05) is 24.3 Å². The zero-order valence-corrected chi connectivity index (χ0v) is 20.1. The van der Waals surface area contributed by atoms with E-state index >= 15 is 0 Å². The molecule has 3 aromatic carbocycles. The number of carbonyl (C=O) groups is 1. The number of benzene rings is 3. The van der Waals surface area contributed by atoms with Crippen LogP contribution in [-0.2, 0) is 14.8 Å². The summed E-state index contributed by atoms with van der Waals surface area (Å²) in [5.74, 6) is 1.36. The van der Waals surface area contributed by atoms with Crippen LogP contribution in [0.3, 0.4) is 0 Å². The number of ether oxygens (including phenoxy) is 3. The first-order valence-electron chi connectivity index (χ1n) is 10.6. The number of methoxy groups -OCH3 is 2. The molecule has 0 spiro atoms. The summed E-state index contributed by atoms with van der Waals surface area (Å²) in [4.78, 5) is 12.9. The molecular formula is C25H28N2O6S. The number of sulfonamides is 1. The molecule has 34 heavy (non-hydrogen) atoms. The highest BCUT2D eigenvalue weighted by atomic mass is 32.2. The molecule has 0 aliphatic carbocycles. The zero-order valence-electron chi connectivity index (χ0n) is 19.3. The Morgan fingerprint density at radius 3 is 2.18 bits per heavy atom. The van der Waals surface area contributed by atoms with E-state index in [4.69, 9.17) is 14.2 Å². The lowest BCUT2D eigenvalue weighted by Crippen LogP contribution is -2.45. The van der Waals surface area contributed by atoms with Crippen LogP contribution in [0, 0.1) is 0 Å². The van der Waals surface area contributed by atoms with E-state index in [1.165, 1.54) is 19.2 Å². The smallest absolute Gasteiger partial charge is 0.264 e. The summed E-state index contributed by atoms with van der Waals surface area (Å²) in [5, 5.41) is 2.80. The standard InChI is InChI=1S/C25H28N2O6S/c1-19(18-33-22-14-12-21(31-2)13-15-22)26-25(28)17-27(20-8-7-9-23(16-20)32-3)34(29,30)24-10-5-4-6-11-24/h4-16,19H,17-18H2,1-3H3,(H,26,28). The number of hydrogen-bond donors (Lipinski definition) is 1. The first-order valence-corrected chi connectivity index (χ1v) is 12.1. The fourth-order valence-electron chi connectivity index (χ4n) is 3.19. The van der Waals surface area contributed by atoms with E-state index < -0.39 is 22.5 Å². The Bertz CT molecular complexity index is 1180. The van der Waals surface area contributed by atoms with Gasteiger partial charge in [0.05, 0.1) is 30.8 Å². The van der Waals surface area contributed by atoms with Crippen LogP contribution in [0.2, 0.25) is 0 Å². The maximum absolute atomic E-state index is 13.4. The Balaban J connectivity index is 1.72. The quantitative estimate of drug-likeness (QED) is 0.448. The summed E-state index contributed by atoms with van der Waals surface area (Å²) in [7, 11) is -0.922. The molecule has 0 saturated carbocycles. The van der Waals surface area contributed by atoms with Gasteiger partial charge >= 0.3 is 0 Å². The molecule has 0 heterocycles. The van der Waals surface area contributed by atoms with Crippen LogP contribution in [0.5, 0.6) is 17.2 Å². The number of hydrogen-bond acceptors (Lipinski definition) is 6. The van der Waals surface area contributed by atoms with Crippen molar-refractivity contribution in [1.82, 2.24) is 5.32 Å². The van der Waals surface area contributed by atoms with Crippen LogP contribution in [0.15, 0.2) is 83.8 Å². The fraction of sp³-hybridized carbons (Fsp3) is 0.240. The minimum Gasteiger partial charge on any atom is -0.497 e. The maximum atomic E-state index is 13.4. The average molecular weight is 485 g/mol. The van der Waals surface area contributed by atoms with Gasteiger partial charge in [0.1, 0.15) is 30.4 Å². The molecule has 8 nitrogen and oxygen atoms in total. The van der Waals surface area contributed by atoms with Crippen molar-refractivity contribution in [2.75, 3.05) is 31.7 Å². The van der Waals surface area contributed by atoms with Crippen LogP contribution in [0.25, 0.3) is 0 Å². The van der Waals surface area contributed by atoms with Gasteiger partial charge in [0.2, 0.25) is 5.91 Å². The van der Waals surface area contributed by atoms with Crippen LogP contribution < -0.4 is 23.8 Å². The van der Waals surface area contributed by atoms with Gasteiger partial charge in [-0.25, -0.2) is 8.42 Å². The number of amides is 1. The zero-order chi connectivity index (χ0) is 24.6. The minimum atomic E-state index is -4.00. The molecule has 1 N–H and O–H groups in total. The van der Waals surface area contributed by atoms with Crippen molar-refractivity contribution in [3.05, 3.63) is 78.9 Å². The van der Waals surface area contributed by atoms with Gasteiger partial charge in [-0.2, -0.15) is 0 Å². The number of nitrogens with one attached hydrogen (secondary N) is 1. The Kier molecular flexibility index (Phi) is 8.37. The minimum absolute atomic E-state index is 0.0847. The van der Waals surface area contributed by atoms with Crippen molar-refractivity contribution in [3.63, 3.8) is 0 Å². The highest BCUT2D eigenvalue weighted by Crippen LogP contribution is 2.26. The predicted octanol–water partition coefficient (Wildman–Crippen LogP) is 3.48. The van der Waals surface area contributed by atoms with E-state index in [9.17, 15) is 13.2 Å². The van der Waals surface area contributed by atoms with Crippen LogP contribution in [0.4, 0.5) is 5.69 Å². The third kappa shape index (κ3) is 6.41. The van der Waals surface area contributed by atoms with E-state index in [0.29, 0.717) is 22.9 Å². The summed E-state index contributed by atoms with van der Waals surface area (Å²) in [5.41, 5.74) is 0.320. The second-order valence-electron chi connectivity index (χ2n) is 7.48. The second-order valence-corrected chi connectivity index (χ2v) is 9.34. The molecule has 1 atom stereocenters. The molecule has 0 aromatic heterocycles. The SMILES string of the molecule is COc1ccc(OCC(C)NC(=O)CN(c2cccc(OC)c2)S(=O)(=O)c2ccccc2)cc1. The molecular weight excluding hydrogens is 456 g/mol. The third-order valence-corrected chi connectivity index (χ3v) is 6.71. The van der Waals surface area contributed by atoms with Crippen LogP contribution in [-0.4, -0.2) is 47.7 Å². The normalized spacial score (nSPS) is 11.9. The molecule has 3 aromatic rings. The summed E-state index contributed by atoms with van der Waals surface area (Å²) >= 11 is 0. The van der Waals surface area contributed by atoms with E-state index in [-0.39, 0.29) is 17.5 Å². The van der Waals surface area contributed by atoms with Crippen LogP contribution in [0.1, 0.15) is 6.92 Å². The lowest BCUT2D eigenvalue weighted by molar-refractivity contribution is -0.120. The van der Waals surface area contributed by atoms with E-state index in [2.05, 4.69) is 5.32 Å².